The second-order valence-electron chi connectivity index (χ2n) is 2.97. The molecule has 1 atom stereocenters. The van der Waals surface area contributed by atoms with Gasteiger partial charge in [-0.3, -0.25) is 14.8 Å². The highest BCUT2D eigenvalue weighted by molar-refractivity contribution is 5.77. The number of carbonyl (C=O) groups excluding carboxylic acids is 2. The van der Waals surface area contributed by atoms with Gasteiger partial charge in [0, 0.05) is 0 Å². The van der Waals surface area contributed by atoms with Crippen molar-refractivity contribution in [1.29, 1.82) is 0 Å². The maximum atomic E-state index is 10.8. The van der Waals surface area contributed by atoms with Crippen LogP contribution in [0.5, 0.6) is 0 Å². The number of primary amides is 1. The van der Waals surface area contributed by atoms with E-state index >= 15 is 0 Å². The van der Waals surface area contributed by atoms with Gasteiger partial charge in [-0.2, -0.15) is 0 Å². The summed E-state index contributed by atoms with van der Waals surface area (Å²) in [5.41, 5.74) is 5.09. The van der Waals surface area contributed by atoms with Crippen molar-refractivity contribution in [1.82, 2.24) is 5.06 Å². The van der Waals surface area contributed by atoms with Crippen LogP contribution in [0, 0.1) is 5.92 Å². The van der Waals surface area contributed by atoms with E-state index in [2.05, 4.69) is 0 Å². The fourth-order valence-electron chi connectivity index (χ4n) is 1.04. The number of nitrogens with two attached hydrogens (primary N) is 1. The summed E-state index contributed by atoms with van der Waals surface area (Å²) in [6.45, 7) is 1.98. The molecule has 13 heavy (non-hydrogen) atoms. The van der Waals surface area contributed by atoms with Gasteiger partial charge in [-0.25, -0.2) is 5.06 Å². The van der Waals surface area contributed by atoms with Crippen molar-refractivity contribution in [3.05, 3.63) is 0 Å². The molecule has 0 radical (unpaired) electrons. The summed E-state index contributed by atoms with van der Waals surface area (Å²) < 4.78 is 0. The van der Waals surface area contributed by atoms with E-state index in [4.69, 9.17) is 10.9 Å². The van der Waals surface area contributed by atoms with E-state index in [1.165, 1.54) is 0 Å². The van der Waals surface area contributed by atoms with Crippen molar-refractivity contribution < 1.29 is 14.8 Å². The first-order valence-electron chi connectivity index (χ1n) is 4.32. The number of rotatable bonds is 7. The summed E-state index contributed by atoms with van der Waals surface area (Å²) in [7, 11) is 0. The molecule has 0 aromatic carbocycles. The fourth-order valence-corrected chi connectivity index (χ4v) is 1.04. The van der Waals surface area contributed by atoms with E-state index in [1.807, 2.05) is 6.92 Å². The van der Waals surface area contributed by atoms with Gasteiger partial charge in [-0.15, -0.1) is 0 Å². The SMILES string of the molecule is CCCC[C@H](CN(O)C=O)C(N)=O. The van der Waals surface area contributed by atoms with Crippen molar-refractivity contribution in [2.24, 2.45) is 11.7 Å². The third-order valence-corrected chi connectivity index (χ3v) is 1.84. The zero-order valence-corrected chi connectivity index (χ0v) is 7.77. The minimum atomic E-state index is -0.477. The zero-order chi connectivity index (χ0) is 10.3. The van der Waals surface area contributed by atoms with Crippen LogP contribution in [0.15, 0.2) is 0 Å². The van der Waals surface area contributed by atoms with Crippen LogP contribution in [-0.4, -0.2) is 29.1 Å². The summed E-state index contributed by atoms with van der Waals surface area (Å²) in [4.78, 5) is 20.9. The molecule has 3 N–H and O–H groups in total. The van der Waals surface area contributed by atoms with Crippen LogP contribution >= 0.6 is 0 Å². The summed E-state index contributed by atoms with van der Waals surface area (Å²) in [6.07, 6.45) is 2.69. The lowest BCUT2D eigenvalue weighted by molar-refractivity contribution is -0.154. The predicted octanol–water partition coefficient (Wildman–Crippen LogP) is 0.126. The van der Waals surface area contributed by atoms with Crippen molar-refractivity contribution in [2.45, 2.75) is 26.2 Å². The Labute approximate surface area is 77.5 Å². The Balaban J connectivity index is 3.94. The second kappa shape index (κ2) is 6.42. The third kappa shape index (κ3) is 5.19. The van der Waals surface area contributed by atoms with Crippen LogP contribution in [-0.2, 0) is 9.59 Å². The highest BCUT2D eigenvalue weighted by atomic mass is 16.5. The Morgan fingerprint density at radius 3 is 2.69 bits per heavy atom. The van der Waals surface area contributed by atoms with E-state index in [0.717, 1.165) is 12.8 Å². The Morgan fingerprint density at radius 2 is 2.31 bits per heavy atom. The standard InChI is InChI=1S/C8H16N2O3/c1-2-3-4-7(8(9)12)5-10(13)6-11/h6-7,13H,2-5H2,1H3,(H2,9,12)/t7-/m1/s1. The monoisotopic (exact) mass is 188 g/mol. The number of hydrogen-bond donors (Lipinski definition) is 2. The number of nitrogens with zero attached hydrogens (tertiary/aromatic N) is 1. The lowest BCUT2D eigenvalue weighted by Crippen LogP contribution is -2.34. The smallest absolute Gasteiger partial charge is 0.233 e. The quantitative estimate of drug-likeness (QED) is 0.338. The molecule has 0 aromatic rings. The van der Waals surface area contributed by atoms with Crippen molar-refractivity contribution in [3.8, 4) is 0 Å². The average Bonchev–Trinajstić information content (AvgIpc) is 2.11. The predicted molar refractivity (Wildman–Crippen MR) is 46.8 cm³/mol. The molecule has 76 valence electrons. The zero-order valence-electron chi connectivity index (χ0n) is 7.77. The Hall–Kier alpha value is -1.10. The third-order valence-electron chi connectivity index (χ3n) is 1.84. The molecule has 0 saturated carbocycles. The minimum Gasteiger partial charge on any atom is -0.369 e. The molecule has 0 aliphatic rings. The van der Waals surface area contributed by atoms with Gasteiger partial charge in [0.2, 0.25) is 12.3 Å². The number of unbranched alkanes of at least 4 members (excludes halogenated alkanes) is 1. The van der Waals surface area contributed by atoms with Crippen LogP contribution in [0.2, 0.25) is 0 Å². The largest absolute Gasteiger partial charge is 0.369 e. The van der Waals surface area contributed by atoms with Crippen LogP contribution in [0.25, 0.3) is 0 Å². The summed E-state index contributed by atoms with van der Waals surface area (Å²) in [6, 6.07) is 0. The van der Waals surface area contributed by atoms with Gasteiger partial charge in [-0.05, 0) is 6.42 Å². The highest BCUT2D eigenvalue weighted by Crippen LogP contribution is 2.08. The number of hydroxylamine groups is 2. The summed E-state index contributed by atoms with van der Waals surface area (Å²) >= 11 is 0. The topological polar surface area (TPSA) is 83.6 Å². The average molecular weight is 188 g/mol. The van der Waals surface area contributed by atoms with E-state index in [9.17, 15) is 9.59 Å². The lowest BCUT2D eigenvalue weighted by Gasteiger charge is -2.16. The Morgan fingerprint density at radius 1 is 1.69 bits per heavy atom. The van der Waals surface area contributed by atoms with Gasteiger partial charge in [0.25, 0.3) is 0 Å². The molecule has 0 unspecified atom stereocenters. The molecule has 0 aliphatic carbocycles. The first kappa shape index (κ1) is 11.9. The van der Waals surface area contributed by atoms with Gasteiger partial charge in [0.1, 0.15) is 0 Å². The maximum absolute atomic E-state index is 10.8. The molecule has 5 heteroatoms. The number of amides is 2. The number of carbonyl (C=O) groups is 2. The fraction of sp³-hybridized carbons (Fsp3) is 0.750. The van der Waals surface area contributed by atoms with Gasteiger partial charge < -0.3 is 5.73 Å². The van der Waals surface area contributed by atoms with Crippen LogP contribution in [0.4, 0.5) is 0 Å². The molecule has 5 nitrogen and oxygen atoms in total. The minimum absolute atomic E-state index is 0.0150. The lowest BCUT2D eigenvalue weighted by atomic mass is 10.0. The van der Waals surface area contributed by atoms with Crippen molar-refractivity contribution in [2.75, 3.05) is 6.54 Å². The Kier molecular flexibility index (Phi) is 5.88. The van der Waals surface area contributed by atoms with Gasteiger partial charge in [-0.1, -0.05) is 19.8 Å². The van der Waals surface area contributed by atoms with E-state index in [0.29, 0.717) is 11.5 Å². The van der Waals surface area contributed by atoms with Crippen LogP contribution < -0.4 is 5.73 Å². The molecular formula is C8H16N2O3. The molecule has 0 fully saturated rings. The highest BCUT2D eigenvalue weighted by Gasteiger charge is 2.16. The molecule has 0 aliphatic heterocycles. The molecule has 0 rings (SSSR count). The maximum Gasteiger partial charge on any atom is 0.233 e. The molecule has 0 bridgehead atoms. The van der Waals surface area contributed by atoms with Gasteiger partial charge in [0.05, 0.1) is 12.5 Å². The van der Waals surface area contributed by atoms with Crippen molar-refractivity contribution >= 4 is 12.3 Å². The summed E-state index contributed by atoms with van der Waals surface area (Å²) in [5.74, 6) is -0.926. The second-order valence-corrected chi connectivity index (χ2v) is 2.97. The first-order valence-corrected chi connectivity index (χ1v) is 4.32. The summed E-state index contributed by atoms with van der Waals surface area (Å²) in [5, 5.41) is 9.28. The molecular weight excluding hydrogens is 172 g/mol. The van der Waals surface area contributed by atoms with Crippen LogP contribution in [0.3, 0.4) is 0 Å². The molecule has 2 amide bonds. The molecule has 0 saturated heterocycles. The normalized spacial score (nSPS) is 12.2. The van der Waals surface area contributed by atoms with E-state index in [-0.39, 0.29) is 13.0 Å². The molecule has 0 heterocycles. The Bertz CT molecular complexity index is 173. The molecule has 0 aromatic heterocycles. The van der Waals surface area contributed by atoms with Gasteiger partial charge in [0.15, 0.2) is 0 Å². The first-order chi connectivity index (χ1) is 6.11. The molecule has 0 spiro atoms. The van der Waals surface area contributed by atoms with E-state index in [1.54, 1.807) is 0 Å². The van der Waals surface area contributed by atoms with E-state index < -0.39 is 11.8 Å². The van der Waals surface area contributed by atoms with Crippen LogP contribution in [0.1, 0.15) is 26.2 Å². The van der Waals surface area contributed by atoms with Crippen molar-refractivity contribution in [3.63, 3.8) is 0 Å². The number of hydrogen-bond acceptors (Lipinski definition) is 3. The van der Waals surface area contributed by atoms with Gasteiger partial charge >= 0.3 is 0 Å².